The zero-order valence-corrected chi connectivity index (χ0v) is 18.5. The van der Waals surface area contributed by atoms with E-state index in [0.717, 1.165) is 16.9 Å². The highest BCUT2D eigenvalue weighted by atomic mass is 35.5. The number of anilines is 1. The van der Waals surface area contributed by atoms with Gasteiger partial charge in [0.15, 0.2) is 0 Å². The van der Waals surface area contributed by atoms with Crippen LogP contribution in [0.2, 0.25) is 5.02 Å². The smallest absolute Gasteiger partial charge is 0.270 e. The van der Waals surface area contributed by atoms with E-state index >= 15 is 0 Å². The zero-order chi connectivity index (χ0) is 21.7. The Morgan fingerprint density at radius 2 is 1.80 bits per heavy atom. The average molecular weight is 467 g/mol. The first-order valence-electron chi connectivity index (χ1n) is 8.89. The van der Waals surface area contributed by atoms with Crippen molar-refractivity contribution in [1.82, 2.24) is 14.9 Å². The number of hydrogen-bond acceptors (Lipinski definition) is 7. The van der Waals surface area contributed by atoms with Crippen molar-refractivity contribution in [1.29, 1.82) is 0 Å². The number of carbonyl (C=O) groups is 1. The second kappa shape index (κ2) is 9.52. The number of carbonyl (C=O) groups excluding carboxylic acids is 1. The van der Waals surface area contributed by atoms with Crippen LogP contribution in [0.5, 0.6) is 5.75 Å². The van der Waals surface area contributed by atoms with E-state index in [0.29, 0.717) is 22.8 Å². The average Bonchev–Trinajstić information content (AvgIpc) is 3.22. The van der Waals surface area contributed by atoms with Crippen molar-refractivity contribution in [2.24, 2.45) is 0 Å². The molecule has 0 saturated heterocycles. The quantitative estimate of drug-likeness (QED) is 0.487. The Morgan fingerprint density at radius 1 is 1.13 bits per heavy atom. The second-order valence-corrected chi connectivity index (χ2v) is 9.49. The fourth-order valence-electron chi connectivity index (χ4n) is 2.60. The van der Waals surface area contributed by atoms with Crippen molar-refractivity contribution >= 4 is 44.0 Å². The lowest BCUT2D eigenvalue weighted by Gasteiger charge is -2.16. The van der Waals surface area contributed by atoms with Gasteiger partial charge in [0.05, 0.1) is 7.11 Å². The van der Waals surface area contributed by atoms with Crippen LogP contribution >= 0.6 is 22.9 Å². The van der Waals surface area contributed by atoms with Crippen LogP contribution in [-0.4, -0.2) is 31.6 Å². The summed E-state index contributed by atoms with van der Waals surface area (Å²) in [7, 11) is -2.36. The molecule has 3 rings (SSSR count). The van der Waals surface area contributed by atoms with Crippen LogP contribution in [0.15, 0.2) is 52.9 Å². The molecule has 1 heterocycles. The molecule has 2 N–H and O–H groups in total. The largest absolute Gasteiger partial charge is 0.497 e. The first-order valence-corrected chi connectivity index (χ1v) is 11.6. The summed E-state index contributed by atoms with van der Waals surface area (Å²) in [6.45, 7) is 1.87. The minimum Gasteiger partial charge on any atom is -0.497 e. The molecule has 3 aromatic rings. The summed E-state index contributed by atoms with van der Waals surface area (Å²) < 4.78 is 33.0. The maximum atomic E-state index is 12.7. The van der Waals surface area contributed by atoms with E-state index in [1.165, 1.54) is 0 Å². The van der Waals surface area contributed by atoms with Gasteiger partial charge in [-0.3, -0.25) is 10.1 Å². The van der Waals surface area contributed by atoms with Gasteiger partial charge in [-0.05, 0) is 48.4 Å². The summed E-state index contributed by atoms with van der Waals surface area (Å²) in [4.78, 5) is 12.3. The number of methoxy groups -OCH3 is 1. The van der Waals surface area contributed by atoms with E-state index in [9.17, 15) is 13.2 Å². The Kier molecular flexibility index (Phi) is 7.03. The summed E-state index contributed by atoms with van der Waals surface area (Å²) in [5.41, 5.74) is 1.16. The number of nitrogens with zero attached hydrogens (tertiary/aromatic N) is 2. The summed E-state index contributed by atoms with van der Waals surface area (Å²) in [6.07, 6.45) is 0.532. The molecule has 0 aliphatic rings. The SMILES string of the molecule is CC[C@@H](NS(=O)(=O)c1nnc(NC(=O)c2ccc(Cl)cc2)s1)c1ccc(OC)cc1. The van der Waals surface area contributed by atoms with Gasteiger partial charge in [0.1, 0.15) is 5.75 Å². The molecule has 0 saturated carbocycles. The fourth-order valence-corrected chi connectivity index (χ4v) is 4.95. The normalized spacial score (nSPS) is 12.4. The van der Waals surface area contributed by atoms with Gasteiger partial charge in [-0.1, -0.05) is 42.0 Å². The molecule has 8 nitrogen and oxygen atoms in total. The van der Waals surface area contributed by atoms with E-state index in [2.05, 4.69) is 20.2 Å². The third kappa shape index (κ3) is 5.33. The lowest BCUT2D eigenvalue weighted by atomic mass is 10.1. The number of amides is 1. The number of benzene rings is 2. The van der Waals surface area contributed by atoms with Crippen LogP contribution in [0.25, 0.3) is 0 Å². The molecule has 2 aromatic carbocycles. The van der Waals surface area contributed by atoms with Gasteiger partial charge in [0, 0.05) is 16.6 Å². The predicted octanol–water partition coefficient (Wildman–Crippen LogP) is 3.88. The molecule has 158 valence electrons. The number of halogens is 1. The third-order valence-corrected chi connectivity index (χ3v) is 7.12. The topological polar surface area (TPSA) is 110 Å². The van der Waals surface area contributed by atoms with Gasteiger partial charge in [-0.15, -0.1) is 10.2 Å². The third-order valence-electron chi connectivity index (χ3n) is 4.19. The van der Waals surface area contributed by atoms with Gasteiger partial charge in [0.25, 0.3) is 15.9 Å². The molecule has 1 aromatic heterocycles. The first kappa shape index (κ1) is 22.2. The van der Waals surface area contributed by atoms with Gasteiger partial charge < -0.3 is 4.74 Å². The zero-order valence-electron chi connectivity index (χ0n) is 16.1. The van der Waals surface area contributed by atoms with E-state index in [4.69, 9.17) is 16.3 Å². The highest BCUT2D eigenvalue weighted by molar-refractivity contribution is 7.91. The van der Waals surface area contributed by atoms with Crippen LogP contribution in [-0.2, 0) is 10.0 Å². The van der Waals surface area contributed by atoms with Crippen molar-refractivity contribution in [2.75, 3.05) is 12.4 Å². The van der Waals surface area contributed by atoms with Crippen LogP contribution in [0.1, 0.15) is 35.3 Å². The van der Waals surface area contributed by atoms with Gasteiger partial charge >= 0.3 is 0 Å². The molecule has 1 amide bonds. The number of aromatic nitrogens is 2. The molecule has 0 aliphatic carbocycles. The van der Waals surface area contributed by atoms with Crippen LogP contribution in [0.4, 0.5) is 5.13 Å². The Hall–Kier alpha value is -2.53. The van der Waals surface area contributed by atoms with Gasteiger partial charge in [-0.25, -0.2) is 13.1 Å². The van der Waals surface area contributed by atoms with Crippen molar-refractivity contribution in [3.63, 3.8) is 0 Å². The molecule has 0 radical (unpaired) electrons. The molecule has 0 unspecified atom stereocenters. The standard InChI is InChI=1S/C19H19ClN4O4S2/c1-3-16(12-6-10-15(28-2)11-7-12)24-30(26,27)19-23-22-18(29-19)21-17(25)13-4-8-14(20)9-5-13/h4-11,16,24H,3H2,1-2H3,(H,21,22,25)/t16-/m1/s1. The lowest BCUT2D eigenvalue weighted by Crippen LogP contribution is -2.28. The Balaban J connectivity index is 1.72. The van der Waals surface area contributed by atoms with Crippen molar-refractivity contribution in [2.45, 2.75) is 23.7 Å². The van der Waals surface area contributed by atoms with Crippen molar-refractivity contribution in [3.8, 4) is 5.75 Å². The number of hydrogen-bond donors (Lipinski definition) is 2. The minimum absolute atomic E-state index is 0.0767. The highest BCUT2D eigenvalue weighted by Gasteiger charge is 2.25. The van der Waals surface area contributed by atoms with Crippen LogP contribution < -0.4 is 14.8 Å². The van der Waals surface area contributed by atoms with E-state index in [1.807, 2.05) is 6.92 Å². The first-order chi connectivity index (χ1) is 14.3. The number of rotatable bonds is 8. The fraction of sp³-hybridized carbons (Fsp3) is 0.211. The summed E-state index contributed by atoms with van der Waals surface area (Å²) in [6, 6.07) is 13.0. The van der Waals surface area contributed by atoms with E-state index < -0.39 is 22.0 Å². The molecule has 0 bridgehead atoms. The van der Waals surface area contributed by atoms with Crippen molar-refractivity contribution in [3.05, 3.63) is 64.7 Å². The van der Waals surface area contributed by atoms with E-state index in [1.54, 1.807) is 55.6 Å². The summed E-state index contributed by atoms with van der Waals surface area (Å²) in [5.74, 6) is 0.242. The molecule has 30 heavy (non-hydrogen) atoms. The Labute approximate surface area is 183 Å². The monoisotopic (exact) mass is 466 g/mol. The number of ether oxygens (including phenoxy) is 1. The maximum absolute atomic E-state index is 12.7. The lowest BCUT2D eigenvalue weighted by molar-refractivity contribution is 0.102. The molecular formula is C19H19ClN4O4S2. The Morgan fingerprint density at radius 3 is 2.40 bits per heavy atom. The van der Waals surface area contributed by atoms with Crippen LogP contribution in [0, 0.1) is 0 Å². The van der Waals surface area contributed by atoms with E-state index in [-0.39, 0.29) is 9.47 Å². The van der Waals surface area contributed by atoms with Gasteiger partial charge in [0.2, 0.25) is 9.47 Å². The molecule has 0 fully saturated rings. The van der Waals surface area contributed by atoms with Crippen molar-refractivity contribution < 1.29 is 17.9 Å². The molecule has 1 atom stereocenters. The van der Waals surface area contributed by atoms with Gasteiger partial charge in [-0.2, -0.15) is 0 Å². The molecule has 0 aliphatic heterocycles. The Bertz CT molecular complexity index is 1120. The maximum Gasteiger partial charge on any atom is 0.270 e. The minimum atomic E-state index is -3.93. The second-order valence-electron chi connectivity index (χ2n) is 6.19. The predicted molar refractivity (Wildman–Crippen MR) is 116 cm³/mol. The molecule has 0 spiro atoms. The molecular weight excluding hydrogens is 448 g/mol. The van der Waals surface area contributed by atoms with Crippen LogP contribution in [0.3, 0.4) is 0 Å². The summed E-state index contributed by atoms with van der Waals surface area (Å²) in [5, 5.41) is 10.6. The highest BCUT2D eigenvalue weighted by Crippen LogP contribution is 2.25. The molecule has 11 heteroatoms. The summed E-state index contributed by atoms with van der Waals surface area (Å²) >= 11 is 6.58. The number of nitrogens with one attached hydrogen (secondary N) is 2. The number of sulfonamides is 1.